The smallest absolute Gasteiger partial charge is 0.0389 e. The Labute approximate surface area is 91.2 Å². The van der Waals surface area contributed by atoms with Gasteiger partial charge in [-0.15, -0.1) is 0 Å². The lowest BCUT2D eigenvalue weighted by atomic mass is 9.66. The second-order valence-electron chi connectivity index (χ2n) is 4.92. The molecule has 0 saturated heterocycles. The molecule has 0 aromatic heterocycles. The highest BCUT2D eigenvalue weighted by Crippen LogP contribution is 2.40. The second kappa shape index (κ2) is 3.19. The molecule has 0 radical (unpaired) electrons. The van der Waals surface area contributed by atoms with Crippen LogP contribution in [0.15, 0.2) is 29.3 Å². The maximum absolute atomic E-state index is 4.74. The van der Waals surface area contributed by atoms with Crippen LogP contribution < -0.4 is 0 Å². The minimum atomic E-state index is 0.257. The van der Waals surface area contributed by atoms with E-state index in [2.05, 4.69) is 31.2 Å². The summed E-state index contributed by atoms with van der Waals surface area (Å²) in [6.07, 6.45) is 4.88. The molecular weight excluding hydrogens is 182 g/mol. The van der Waals surface area contributed by atoms with Gasteiger partial charge in [-0.05, 0) is 36.8 Å². The molecular formula is C14H17N. The van der Waals surface area contributed by atoms with Crippen LogP contribution in [-0.2, 0) is 11.8 Å². The van der Waals surface area contributed by atoms with Crippen LogP contribution in [-0.4, -0.2) is 12.3 Å². The van der Waals surface area contributed by atoms with E-state index >= 15 is 0 Å². The number of fused-ring (bicyclic) bond motifs is 3. The van der Waals surface area contributed by atoms with Gasteiger partial charge >= 0.3 is 0 Å². The number of aliphatic imine (C=N–C) groups is 1. The van der Waals surface area contributed by atoms with Crippen molar-refractivity contribution in [2.24, 2.45) is 4.99 Å². The third-order valence-electron chi connectivity index (χ3n) is 4.02. The van der Waals surface area contributed by atoms with Crippen LogP contribution >= 0.6 is 0 Å². The fourth-order valence-electron chi connectivity index (χ4n) is 3.14. The van der Waals surface area contributed by atoms with Gasteiger partial charge in [0, 0.05) is 17.7 Å². The molecule has 78 valence electrons. The summed E-state index contributed by atoms with van der Waals surface area (Å²) in [5.74, 6) is 0. The number of hydrogen-bond donors (Lipinski definition) is 0. The van der Waals surface area contributed by atoms with Gasteiger partial charge < -0.3 is 0 Å². The van der Waals surface area contributed by atoms with Crippen molar-refractivity contribution in [1.82, 2.24) is 0 Å². The van der Waals surface area contributed by atoms with E-state index in [4.69, 9.17) is 4.99 Å². The third-order valence-corrected chi connectivity index (χ3v) is 4.02. The Morgan fingerprint density at radius 2 is 2.07 bits per heavy atom. The molecule has 1 heteroatoms. The van der Waals surface area contributed by atoms with Crippen molar-refractivity contribution in [3.05, 3.63) is 35.4 Å². The number of aryl methyl sites for hydroxylation is 1. The number of rotatable bonds is 0. The van der Waals surface area contributed by atoms with Gasteiger partial charge in [0.2, 0.25) is 0 Å². The van der Waals surface area contributed by atoms with E-state index in [0.29, 0.717) is 0 Å². The molecule has 0 N–H and O–H groups in total. The lowest BCUT2D eigenvalue weighted by molar-refractivity contribution is 0.499. The Kier molecular flexibility index (Phi) is 1.95. The molecule has 0 bridgehead atoms. The van der Waals surface area contributed by atoms with E-state index in [1.54, 1.807) is 5.56 Å². The van der Waals surface area contributed by atoms with Crippen LogP contribution in [0.25, 0.3) is 0 Å². The lowest BCUT2D eigenvalue weighted by Crippen LogP contribution is -2.39. The Bertz CT molecular complexity index is 419. The van der Waals surface area contributed by atoms with Crippen molar-refractivity contribution in [2.75, 3.05) is 6.54 Å². The quantitative estimate of drug-likeness (QED) is 0.608. The molecule has 15 heavy (non-hydrogen) atoms. The minimum Gasteiger partial charge on any atom is -0.293 e. The summed E-state index contributed by atoms with van der Waals surface area (Å²) in [7, 11) is 0. The number of hydrogen-bond acceptors (Lipinski definition) is 1. The Balaban J connectivity index is 2.18. The topological polar surface area (TPSA) is 12.4 Å². The summed E-state index contributed by atoms with van der Waals surface area (Å²) in [5.41, 5.74) is 4.79. The summed E-state index contributed by atoms with van der Waals surface area (Å²) in [5, 5.41) is 0. The van der Waals surface area contributed by atoms with Crippen molar-refractivity contribution in [3.63, 3.8) is 0 Å². The summed E-state index contributed by atoms with van der Waals surface area (Å²) in [6.45, 7) is 3.43. The van der Waals surface area contributed by atoms with Gasteiger partial charge in [0.25, 0.3) is 0 Å². The van der Waals surface area contributed by atoms with Crippen molar-refractivity contribution >= 4 is 5.71 Å². The van der Waals surface area contributed by atoms with Crippen LogP contribution in [0.5, 0.6) is 0 Å². The van der Waals surface area contributed by atoms with E-state index < -0.39 is 0 Å². The summed E-state index contributed by atoms with van der Waals surface area (Å²) in [6, 6.07) is 8.91. The number of nitrogens with zero attached hydrogens (tertiary/aromatic N) is 1. The maximum Gasteiger partial charge on any atom is 0.0389 e. The Hall–Kier alpha value is -1.11. The van der Waals surface area contributed by atoms with E-state index in [-0.39, 0.29) is 5.41 Å². The molecule has 1 aliphatic carbocycles. The molecule has 1 aliphatic heterocycles. The first kappa shape index (κ1) is 9.14. The van der Waals surface area contributed by atoms with Crippen LogP contribution in [0, 0.1) is 0 Å². The molecule has 0 fully saturated rings. The van der Waals surface area contributed by atoms with Gasteiger partial charge in [-0.25, -0.2) is 0 Å². The zero-order chi connectivity index (χ0) is 10.3. The van der Waals surface area contributed by atoms with Gasteiger partial charge in [0.1, 0.15) is 0 Å². The van der Waals surface area contributed by atoms with Crippen molar-refractivity contribution in [2.45, 2.75) is 38.0 Å². The van der Waals surface area contributed by atoms with Crippen molar-refractivity contribution in [1.29, 1.82) is 0 Å². The van der Waals surface area contributed by atoms with Gasteiger partial charge in [-0.3, -0.25) is 4.99 Å². The van der Waals surface area contributed by atoms with Gasteiger partial charge in [0.05, 0.1) is 0 Å². The third kappa shape index (κ3) is 1.26. The SMILES string of the molecule is C[C@]12CCCN=C1CCc1ccccc12. The van der Waals surface area contributed by atoms with E-state index in [1.807, 2.05) is 0 Å². The average Bonchev–Trinajstić information content (AvgIpc) is 2.29. The Morgan fingerprint density at radius 1 is 1.20 bits per heavy atom. The van der Waals surface area contributed by atoms with Gasteiger partial charge in [-0.1, -0.05) is 31.2 Å². The monoisotopic (exact) mass is 199 g/mol. The predicted octanol–water partition coefficient (Wildman–Crippen LogP) is 3.13. The average molecular weight is 199 g/mol. The molecule has 0 saturated carbocycles. The zero-order valence-electron chi connectivity index (χ0n) is 9.29. The fraction of sp³-hybridized carbons (Fsp3) is 0.500. The molecule has 1 atom stereocenters. The van der Waals surface area contributed by atoms with E-state index in [1.165, 1.54) is 37.0 Å². The van der Waals surface area contributed by atoms with Crippen LogP contribution in [0.1, 0.15) is 37.3 Å². The lowest BCUT2D eigenvalue weighted by Gasteiger charge is -2.40. The molecule has 0 amide bonds. The second-order valence-corrected chi connectivity index (χ2v) is 4.92. The van der Waals surface area contributed by atoms with Crippen LogP contribution in [0.4, 0.5) is 0 Å². The molecule has 1 nitrogen and oxygen atoms in total. The first-order valence-corrected chi connectivity index (χ1v) is 5.93. The van der Waals surface area contributed by atoms with Crippen LogP contribution in [0.3, 0.4) is 0 Å². The molecule has 2 aliphatic rings. The highest BCUT2D eigenvalue weighted by molar-refractivity contribution is 5.97. The Morgan fingerprint density at radius 3 is 3.00 bits per heavy atom. The summed E-state index contributed by atoms with van der Waals surface area (Å²) < 4.78 is 0. The van der Waals surface area contributed by atoms with E-state index in [9.17, 15) is 0 Å². The van der Waals surface area contributed by atoms with Gasteiger partial charge in [0.15, 0.2) is 0 Å². The van der Waals surface area contributed by atoms with Crippen molar-refractivity contribution in [3.8, 4) is 0 Å². The molecule has 1 aromatic rings. The highest BCUT2D eigenvalue weighted by Gasteiger charge is 2.38. The largest absolute Gasteiger partial charge is 0.293 e. The van der Waals surface area contributed by atoms with Crippen LogP contribution in [0.2, 0.25) is 0 Å². The minimum absolute atomic E-state index is 0.257. The first-order valence-electron chi connectivity index (χ1n) is 5.93. The highest BCUT2D eigenvalue weighted by atomic mass is 14.8. The zero-order valence-corrected chi connectivity index (χ0v) is 9.29. The van der Waals surface area contributed by atoms with Crippen molar-refractivity contribution < 1.29 is 0 Å². The molecule has 0 unspecified atom stereocenters. The molecule has 1 aromatic carbocycles. The van der Waals surface area contributed by atoms with Gasteiger partial charge in [-0.2, -0.15) is 0 Å². The summed E-state index contributed by atoms with van der Waals surface area (Å²) in [4.78, 5) is 4.74. The normalized spacial score (nSPS) is 29.0. The number of benzene rings is 1. The first-order chi connectivity index (χ1) is 7.31. The standard InChI is InChI=1S/C14H17N/c1-14-9-4-10-15-13(14)8-7-11-5-2-3-6-12(11)14/h2-3,5-6H,4,7-10H2,1H3/t14-/m1/s1. The molecule has 3 rings (SSSR count). The maximum atomic E-state index is 4.74. The summed E-state index contributed by atoms with van der Waals surface area (Å²) >= 11 is 0. The fourth-order valence-corrected chi connectivity index (χ4v) is 3.14. The predicted molar refractivity (Wildman–Crippen MR) is 63.7 cm³/mol. The van der Waals surface area contributed by atoms with E-state index in [0.717, 1.165) is 6.54 Å². The molecule has 0 spiro atoms. The molecule has 1 heterocycles.